The lowest BCUT2D eigenvalue weighted by Crippen LogP contribution is -2.47. The SMILES string of the molecule is CCn1nc(OC)c2c1CCC21CCN(C[C@H]2C[C@H](N(C)[C@@H](C(=O)O)C(C)C)C[C@@H]2c2cccc(F)c2)CC1. The van der Waals surface area contributed by atoms with Gasteiger partial charge in [-0.05, 0) is 101 Å². The van der Waals surface area contributed by atoms with E-state index in [9.17, 15) is 14.3 Å². The number of halogens is 1. The molecule has 1 saturated heterocycles. The molecule has 214 valence electrons. The van der Waals surface area contributed by atoms with Crippen LogP contribution in [0.2, 0.25) is 0 Å². The van der Waals surface area contributed by atoms with E-state index in [1.165, 1.54) is 23.7 Å². The molecule has 0 bridgehead atoms. The molecule has 1 N–H and O–H groups in total. The average Bonchev–Trinajstić information content (AvgIpc) is 3.59. The first kappa shape index (κ1) is 28.1. The van der Waals surface area contributed by atoms with Crippen LogP contribution in [0.3, 0.4) is 0 Å². The quantitative estimate of drug-likeness (QED) is 0.486. The fraction of sp³-hybridized carbons (Fsp3) is 0.677. The number of hydrogen-bond donors (Lipinski definition) is 1. The summed E-state index contributed by atoms with van der Waals surface area (Å²) >= 11 is 0. The number of rotatable bonds is 9. The van der Waals surface area contributed by atoms with E-state index >= 15 is 0 Å². The number of nitrogens with zero attached hydrogens (tertiary/aromatic N) is 4. The molecule has 1 aliphatic heterocycles. The summed E-state index contributed by atoms with van der Waals surface area (Å²) in [5.41, 5.74) is 3.89. The maximum atomic E-state index is 14.3. The second-order valence-corrected chi connectivity index (χ2v) is 12.5. The van der Waals surface area contributed by atoms with Crippen molar-refractivity contribution >= 4 is 5.97 Å². The van der Waals surface area contributed by atoms with E-state index in [-0.39, 0.29) is 29.1 Å². The number of likely N-dealkylation sites (tertiary alicyclic amines) is 1. The Labute approximate surface area is 232 Å². The van der Waals surface area contributed by atoms with Crippen LogP contribution >= 0.6 is 0 Å². The smallest absolute Gasteiger partial charge is 0.321 e. The predicted octanol–water partition coefficient (Wildman–Crippen LogP) is 4.93. The summed E-state index contributed by atoms with van der Waals surface area (Å²) in [5.74, 6) is 0.425. The Bertz CT molecular complexity index is 1170. The number of aromatic nitrogens is 2. The van der Waals surface area contributed by atoms with Crippen LogP contribution in [0.25, 0.3) is 0 Å². The van der Waals surface area contributed by atoms with Crippen LogP contribution in [0.1, 0.15) is 75.6 Å². The first-order valence-corrected chi connectivity index (χ1v) is 14.7. The molecular formula is C31H45FN4O3. The normalized spacial score (nSPS) is 25.5. The molecule has 2 aromatic rings. The van der Waals surface area contributed by atoms with Crippen molar-refractivity contribution in [2.45, 2.75) is 89.3 Å². The fourth-order valence-electron chi connectivity index (χ4n) is 8.07. The molecule has 0 amide bonds. The molecule has 3 aliphatic rings. The highest BCUT2D eigenvalue weighted by atomic mass is 19.1. The van der Waals surface area contributed by atoms with Crippen molar-refractivity contribution in [3.05, 3.63) is 46.9 Å². The van der Waals surface area contributed by atoms with Crippen LogP contribution in [0.15, 0.2) is 24.3 Å². The van der Waals surface area contributed by atoms with E-state index in [4.69, 9.17) is 9.84 Å². The average molecular weight is 541 g/mol. The molecule has 2 aliphatic carbocycles. The lowest BCUT2D eigenvalue weighted by molar-refractivity contribution is -0.145. The molecule has 0 radical (unpaired) electrons. The zero-order valence-corrected chi connectivity index (χ0v) is 24.2. The number of ether oxygens (including phenoxy) is 1. The number of carboxylic acids is 1. The topological polar surface area (TPSA) is 70.8 Å². The molecule has 2 heterocycles. The third kappa shape index (κ3) is 5.22. The summed E-state index contributed by atoms with van der Waals surface area (Å²) in [6.45, 7) is 9.96. The van der Waals surface area contributed by atoms with Crippen molar-refractivity contribution in [2.75, 3.05) is 33.8 Å². The van der Waals surface area contributed by atoms with Crippen LogP contribution in [0.5, 0.6) is 5.88 Å². The lowest BCUT2D eigenvalue weighted by Gasteiger charge is -2.41. The molecule has 7 nitrogen and oxygen atoms in total. The van der Waals surface area contributed by atoms with Gasteiger partial charge in [-0.2, -0.15) is 0 Å². The second-order valence-electron chi connectivity index (χ2n) is 12.5. The third-order valence-electron chi connectivity index (χ3n) is 10.0. The van der Waals surface area contributed by atoms with Gasteiger partial charge in [0.2, 0.25) is 5.88 Å². The number of benzene rings is 1. The standard InChI is InChI=1S/C31H45FN4O3/c1-6-36-26-10-11-31(27(26)29(33-36)39-5)12-14-35(15-13-31)19-22-17-24(34(4)28(20(2)3)30(37)38)18-25(22)21-8-7-9-23(32)16-21/h7-9,16,20,22,24-25,28H,6,10-15,17-19H2,1-5H3,(H,37,38)/t22-,24+,25-,28-/m1/s1. The molecular weight excluding hydrogens is 495 g/mol. The van der Waals surface area contributed by atoms with Crippen LogP contribution in [0.4, 0.5) is 4.39 Å². The summed E-state index contributed by atoms with van der Waals surface area (Å²) in [7, 11) is 3.69. The monoisotopic (exact) mass is 540 g/mol. The summed E-state index contributed by atoms with van der Waals surface area (Å²) in [4.78, 5) is 16.8. The summed E-state index contributed by atoms with van der Waals surface area (Å²) in [6, 6.07) is 6.67. The maximum Gasteiger partial charge on any atom is 0.321 e. The van der Waals surface area contributed by atoms with E-state index < -0.39 is 12.0 Å². The van der Waals surface area contributed by atoms with Gasteiger partial charge in [0.15, 0.2) is 0 Å². The number of fused-ring (bicyclic) bond motifs is 2. The Morgan fingerprint density at radius 3 is 2.62 bits per heavy atom. The van der Waals surface area contributed by atoms with Crippen LogP contribution in [-0.2, 0) is 23.2 Å². The van der Waals surface area contributed by atoms with Gasteiger partial charge in [0.25, 0.3) is 0 Å². The fourth-order valence-corrected chi connectivity index (χ4v) is 8.07. The van der Waals surface area contributed by atoms with Crippen LogP contribution < -0.4 is 4.74 Å². The highest BCUT2D eigenvalue weighted by Crippen LogP contribution is 2.51. The van der Waals surface area contributed by atoms with E-state index in [2.05, 4.69) is 21.4 Å². The molecule has 1 saturated carbocycles. The number of aliphatic carboxylic acids is 1. The van der Waals surface area contributed by atoms with Crippen molar-refractivity contribution in [1.82, 2.24) is 19.6 Å². The molecule has 4 atom stereocenters. The highest BCUT2D eigenvalue weighted by Gasteiger charge is 2.47. The van der Waals surface area contributed by atoms with Gasteiger partial charge in [0, 0.05) is 35.8 Å². The van der Waals surface area contributed by atoms with Gasteiger partial charge in [-0.1, -0.05) is 26.0 Å². The molecule has 0 unspecified atom stereocenters. The first-order chi connectivity index (χ1) is 18.7. The van der Waals surface area contributed by atoms with Crippen molar-refractivity contribution in [1.29, 1.82) is 0 Å². The Balaban J connectivity index is 1.32. The third-order valence-corrected chi connectivity index (χ3v) is 10.0. The summed E-state index contributed by atoms with van der Waals surface area (Å²) in [5, 5.41) is 14.7. The van der Waals surface area contributed by atoms with Gasteiger partial charge >= 0.3 is 5.97 Å². The molecule has 2 fully saturated rings. The molecule has 1 spiro atoms. The minimum absolute atomic E-state index is 0.0165. The van der Waals surface area contributed by atoms with E-state index in [1.54, 1.807) is 19.2 Å². The van der Waals surface area contributed by atoms with Gasteiger partial charge in [0.05, 0.1) is 7.11 Å². The number of hydrogen-bond acceptors (Lipinski definition) is 5. The van der Waals surface area contributed by atoms with Crippen LogP contribution in [0, 0.1) is 17.7 Å². The molecule has 1 aromatic carbocycles. The number of carbonyl (C=O) groups is 1. The number of carboxylic acid groups (broad SMARTS) is 1. The number of methoxy groups -OCH3 is 1. The van der Waals surface area contributed by atoms with Crippen molar-refractivity contribution in [2.24, 2.45) is 11.8 Å². The second kappa shape index (κ2) is 11.2. The summed E-state index contributed by atoms with van der Waals surface area (Å²) in [6.07, 6.45) is 6.21. The molecule has 8 heteroatoms. The van der Waals surface area contributed by atoms with Gasteiger partial charge in [0.1, 0.15) is 11.9 Å². The maximum absolute atomic E-state index is 14.3. The highest BCUT2D eigenvalue weighted by molar-refractivity contribution is 5.73. The Kier molecular flexibility index (Phi) is 8.07. The zero-order chi connectivity index (χ0) is 27.9. The van der Waals surface area contributed by atoms with Crippen molar-refractivity contribution in [3.63, 3.8) is 0 Å². The number of likely N-dealkylation sites (N-methyl/N-ethyl adjacent to an activating group) is 1. The van der Waals surface area contributed by atoms with E-state index in [0.29, 0.717) is 5.92 Å². The first-order valence-electron chi connectivity index (χ1n) is 14.7. The van der Waals surface area contributed by atoms with Crippen molar-refractivity contribution in [3.8, 4) is 5.88 Å². The minimum Gasteiger partial charge on any atom is -0.480 e. The number of piperidine rings is 1. The van der Waals surface area contributed by atoms with Gasteiger partial charge in [-0.3, -0.25) is 14.4 Å². The Hall–Kier alpha value is -2.45. The molecule has 1 aromatic heterocycles. The van der Waals surface area contributed by atoms with E-state index in [1.807, 2.05) is 27.0 Å². The van der Waals surface area contributed by atoms with Gasteiger partial charge < -0.3 is 14.7 Å². The molecule has 5 rings (SSSR count). The Morgan fingerprint density at radius 1 is 1.26 bits per heavy atom. The lowest BCUT2D eigenvalue weighted by atomic mass is 9.74. The zero-order valence-electron chi connectivity index (χ0n) is 24.2. The van der Waals surface area contributed by atoms with Gasteiger partial charge in [-0.25, -0.2) is 4.39 Å². The molecule has 39 heavy (non-hydrogen) atoms. The summed E-state index contributed by atoms with van der Waals surface area (Å²) < 4.78 is 22.1. The largest absolute Gasteiger partial charge is 0.480 e. The number of aryl methyl sites for hydroxylation is 1. The van der Waals surface area contributed by atoms with Crippen LogP contribution in [-0.4, -0.2) is 76.5 Å². The minimum atomic E-state index is -0.766. The van der Waals surface area contributed by atoms with Crippen molar-refractivity contribution < 1.29 is 19.0 Å². The predicted molar refractivity (Wildman–Crippen MR) is 150 cm³/mol. The van der Waals surface area contributed by atoms with E-state index in [0.717, 1.165) is 69.7 Å². The Morgan fingerprint density at radius 2 is 2.00 bits per heavy atom. The van der Waals surface area contributed by atoms with Gasteiger partial charge in [-0.15, -0.1) is 5.10 Å².